The van der Waals surface area contributed by atoms with E-state index in [4.69, 9.17) is 11.6 Å². The predicted octanol–water partition coefficient (Wildman–Crippen LogP) is 3.37. The normalized spacial score (nSPS) is 20.9. The maximum absolute atomic E-state index is 12.5. The molecule has 5 heteroatoms. The first-order valence-corrected chi connectivity index (χ1v) is 7.82. The number of hydrogen-bond donors (Lipinski definition) is 1. The van der Waals surface area contributed by atoms with Crippen molar-refractivity contribution in [1.82, 2.24) is 10.2 Å². The molecular weight excluding hydrogens is 307 g/mol. The Bertz CT molecular complexity index is 491. The van der Waals surface area contributed by atoms with E-state index < -0.39 is 0 Å². The quantitative estimate of drug-likeness (QED) is 0.857. The zero-order valence-electron chi connectivity index (χ0n) is 12.1. The first-order valence-electron chi connectivity index (χ1n) is 7.44. The Morgan fingerprint density at radius 1 is 1.14 bits per heavy atom. The molecular formula is C16H22Cl2N2O. The number of likely N-dealkylation sites (tertiary alicyclic amines) is 1. The maximum atomic E-state index is 12.5. The molecule has 0 unspecified atom stereocenters. The summed E-state index contributed by atoms with van der Waals surface area (Å²) in [6.07, 6.45) is 4.79. The Balaban J connectivity index is 0.00000161. The molecule has 2 saturated heterocycles. The molecule has 21 heavy (non-hydrogen) atoms. The highest BCUT2D eigenvalue weighted by Gasteiger charge is 2.36. The van der Waals surface area contributed by atoms with Crippen molar-refractivity contribution in [3.05, 3.63) is 34.9 Å². The van der Waals surface area contributed by atoms with Gasteiger partial charge in [-0.1, -0.05) is 17.7 Å². The number of piperidine rings is 2. The molecule has 1 spiro atoms. The molecule has 3 rings (SSSR count). The molecule has 1 N–H and O–H groups in total. The lowest BCUT2D eigenvalue weighted by Crippen LogP contribution is -2.47. The third-order valence-electron chi connectivity index (χ3n) is 4.85. The second-order valence-corrected chi connectivity index (χ2v) is 6.49. The Hall–Kier alpha value is -0.770. The smallest absolute Gasteiger partial charge is 0.253 e. The highest BCUT2D eigenvalue weighted by Crippen LogP contribution is 2.39. The molecule has 2 heterocycles. The highest BCUT2D eigenvalue weighted by atomic mass is 35.5. The van der Waals surface area contributed by atoms with E-state index in [1.165, 1.54) is 12.8 Å². The van der Waals surface area contributed by atoms with Crippen molar-refractivity contribution in [1.29, 1.82) is 0 Å². The van der Waals surface area contributed by atoms with Crippen LogP contribution < -0.4 is 5.32 Å². The van der Waals surface area contributed by atoms with Gasteiger partial charge in [-0.05, 0) is 62.4 Å². The predicted molar refractivity (Wildman–Crippen MR) is 88.4 cm³/mol. The Morgan fingerprint density at radius 2 is 1.81 bits per heavy atom. The number of benzene rings is 1. The summed E-state index contributed by atoms with van der Waals surface area (Å²) in [6.45, 7) is 4.02. The summed E-state index contributed by atoms with van der Waals surface area (Å²) in [5.41, 5.74) is 1.19. The summed E-state index contributed by atoms with van der Waals surface area (Å²) >= 11 is 5.97. The van der Waals surface area contributed by atoms with Crippen molar-refractivity contribution < 1.29 is 4.79 Å². The lowest BCUT2D eigenvalue weighted by atomic mass is 9.71. The van der Waals surface area contributed by atoms with Gasteiger partial charge in [0.05, 0.1) is 0 Å². The molecule has 0 saturated carbocycles. The molecule has 1 aromatic rings. The molecule has 1 amide bonds. The fourth-order valence-corrected chi connectivity index (χ4v) is 3.64. The van der Waals surface area contributed by atoms with Crippen LogP contribution in [0.3, 0.4) is 0 Å². The number of carbonyl (C=O) groups is 1. The summed E-state index contributed by atoms with van der Waals surface area (Å²) < 4.78 is 0. The van der Waals surface area contributed by atoms with Gasteiger partial charge in [-0.15, -0.1) is 12.4 Å². The largest absolute Gasteiger partial charge is 0.339 e. The number of rotatable bonds is 1. The number of hydrogen-bond acceptors (Lipinski definition) is 2. The van der Waals surface area contributed by atoms with Gasteiger partial charge in [0.15, 0.2) is 0 Å². The third-order valence-corrected chi connectivity index (χ3v) is 5.08. The van der Waals surface area contributed by atoms with Crippen molar-refractivity contribution in [3.63, 3.8) is 0 Å². The number of amides is 1. The molecule has 2 aliphatic rings. The fourth-order valence-electron chi connectivity index (χ4n) is 3.45. The van der Waals surface area contributed by atoms with Gasteiger partial charge in [0.2, 0.25) is 0 Å². The Kier molecular flexibility index (Phi) is 5.53. The molecule has 1 aromatic carbocycles. The summed E-state index contributed by atoms with van der Waals surface area (Å²) in [5.74, 6) is 0.122. The SMILES string of the molecule is Cl.O=C(c1cccc(Cl)c1)N1CCC2(CCNCC2)CC1. The van der Waals surface area contributed by atoms with Gasteiger partial charge >= 0.3 is 0 Å². The fraction of sp³-hybridized carbons (Fsp3) is 0.562. The molecule has 0 aliphatic carbocycles. The number of nitrogens with zero attached hydrogens (tertiary/aromatic N) is 1. The number of carbonyl (C=O) groups excluding carboxylic acids is 1. The summed E-state index contributed by atoms with van der Waals surface area (Å²) in [4.78, 5) is 14.5. The van der Waals surface area contributed by atoms with Gasteiger partial charge in [-0.3, -0.25) is 4.79 Å². The minimum atomic E-state index is 0. The molecule has 2 aliphatic heterocycles. The van der Waals surface area contributed by atoms with E-state index in [9.17, 15) is 4.79 Å². The number of halogens is 2. The van der Waals surface area contributed by atoms with E-state index in [1.807, 2.05) is 17.0 Å². The van der Waals surface area contributed by atoms with Crippen molar-refractivity contribution in [3.8, 4) is 0 Å². The average Bonchev–Trinajstić information content (AvgIpc) is 2.48. The van der Waals surface area contributed by atoms with E-state index in [2.05, 4.69) is 5.32 Å². The first-order chi connectivity index (χ1) is 9.69. The lowest BCUT2D eigenvalue weighted by molar-refractivity contribution is 0.0495. The minimum Gasteiger partial charge on any atom is -0.339 e. The molecule has 3 nitrogen and oxygen atoms in total. The second kappa shape index (κ2) is 6.99. The van der Waals surface area contributed by atoms with Gasteiger partial charge in [-0.25, -0.2) is 0 Å². The highest BCUT2D eigenvalue weighted by molar-refractivity contribution is 6.30. The van der Waals surface area contributed by atoms with E-state index in [-0.39, 0.29) is 18.3 Å². The van der Waals surface area contributed by atoms with Crippen LogP contribution in [-0.4, -0.2) is 37.0 Å². The molecule has 2 fully saturated rings. The van der Waals surface area contributed by atoms with Crippen LogP contribution in [0.15, 0.2) is 24.3 Å². The third kappa shape index (κ3) is 3.71. The Labute approximate surface area is 137 Å². The van der Waals surface area contributed by atoms with Gasteiger partial charge in [0.1, 0.15) is 0 Å². The van der Waals surface area contributed by atoms with Crippen LogP contribution >= 0.6 is 24.0 Å². The van der Waals surface area contributed by atoms with Gasteiger partial charge in [0, 0.05) is 23.7 Å². The van der Waals surface area contributed by atoms with Crippen molar-refractivity contribution >= 4 is 29.9 Å². The average molecular weight is 329 g/mol. The van der Waals surface area contributed by atoms with E-state index >= 15 is 0 Å². The number of nitrogens with one attached hydrogen (secondary N) is 1. The summed E-state index contributed by atoms with van der Waals surface area (Å²) in [5, 5.41) is 4.05. The van der Waals surface area contributed by atoms with Crippen molar-refractivity contribution in [2.45, 2.75) is 25.7 Å². The summed E-state index contributed by atoms with van der Waals surface area (Å²) in [6, 6.07) is 7.26. The zero-order chi connectivity index (χ0) is 14.0. The van der Waals surface area contributed by atoms with Crippen LogP contribution in [0.2, 0.25) is 5.02 Å². The van der Waals surface area contributed by atoms with Gasteiger partial charge in [-0.2, -0.15) is 0 Å². The van der Waals surface area contributed by atoms with Gasteiger partial charge in [0.25, 0.3) is 5.91 Å². The second-order valence-electron chi connectivity index (χ2n) is 6.05. The summed E-state index contributed by atoms with van der Waals surface area (Å²) in [7, 11) is 0. The van der Waals surface area contributed by atoms with Crippen molar-refractivity contribution in [2.24, 2.45) is 5.41 Å². The van der Waals surface area contributed by atoms with Crippen LogP contribution in [0.4, 0.5) is 0 Å². The first kappa shape index (κ1) is 16.6. The van der Waals surface area contributed by atoms with Crippen LogP contribution in [0, 0.1) is 5.41 Å². The standard InChI is InChI=1S/C16H21ClN2O.ClH/c17-14-3-1-2-13(12-14)15(20)19-10-6-16(7-11-19)4-8-18-9-5-16;/h1-3,12,18H,4-11H2;1H. The molecule has 0 radical (unpaired) electrons. The monoisotopic (exact) mass is 328 g/mol. The maximum Gasteiger partial charge on any atom is 0.253 e. The van der Waals surface area contributed by atoms with Crippen LogP contribution in [0.1, 0.15) is 36.0 Å². The van der Waals surface area contributed by atoms with E-state index in [0.29, 0.717) is 16.0 Å². The lowest BCUT2D eigenvalue weighted by Gasteiger charge is -2.44. The van der Waals surface area contributed by atoms with Crippen molar-refractivity contribution in [2.75, 3.05) is 26.2 Å². The van der Waals surface area contributed by atoms with Gasteiger partial charge < -0.3 is 10.2 Å². The van der Waals surface area contributed by atoms with E-state index in [1.54, 1.807) is 12.1 Å². The van der Waals surface area contributed by atoms with Crippen LogP contribution in [0.25, 0.3) is 0 Å². The molecule has 0 bridgehead atoms. The van der Waals surface area contributed by atoms with Crippen LogP contribution in [0.5, 0.6) is 0 Å². The zero-order valence-corrected chi connectivity index (χ0v) is 13.7. The molecule has 0 aromatic heterocycles. The minimum absolute atomic E-state index is 0. The Morgan fingerprint density at radius 3 is 2.43 bits per heavy atom. The van der Waals surface area contributed by atoms with E-state index in [0.717, 1.165) is 39.0 Å². The topological polar surface area (TPSA) is 32.3 Å². The molecule has 116 valence electrons. The van der Waals surface area contributed by atoms with Crippen LogP contribution in [-0.2, 0) is 0 Å². The molecule has 0 atom stereocenters.